The molecule has 0 aliphatic heterocycles. The Balaban J connectivity index is 2.52. The van der Waals surface area contributed by atoms with Crippen molar-refractivity contribution in [2.75, 3.05) is 39.6 Å². The van der Waals surface area contributed by atoms with Crippen LogP contribution in [0.2, 0.25) is 0 Å². The van der Waals surface area contributed by atoms with E-state index in [4.69, 9.17) is 4.74 Å². The maximum Gasteiger partial charge on any atom is 0.167 e. The summed E-state index contributed by atoms with van der Waals surface area (Å²) in [6.45, 7) is 1.70. The highest BCUT2D eigenvalue weighted by atomic mass is 19.1. The lowest BCUT2D eigenvalue weighted by molar-refractivity contribution is 0.386. The van der Waals surface area contributed by atoms with E-state index < -0.39 is 0 Å². The summed E-state index contributed by atoms with van der Waals surface area (Å²) in [5.41, 5.74) is 0.773. The molecule has 84 valence electrons. The average molecular weight is 212 g/mol. The summed E-state index contributed by atoms with van der Waals surface area (Å²) in [5.74, 6) is -0.0690. The van der Waals surface area contributed by atoms with Gasteiger partial charge in [-0.05, 0) is 26.2 Å². The van der Waals surface area contributed by atoms with Crippen LogP contribution in [0.4, 0.5) is 10.1 Å². The van der Waals surface area contributed by atoms with E-state index in [0.717, 1.165) is 18.8 Å². The lowest BCUT2D eigenvalue weighted by Gasteiger charge is -2.11. The predicted octanol–water partition coefficient (Wildman–Crippen LogP) is 1.81. The van der Waals surface area contributed by atoms with Crippen LogP contribution < -0.4 is 10.1 Å². The monoisotopic (exact) mass is 212 g/mol. The fourth-order valence-corrected chi connectivity index (χ4v) is 1.20. The van der Waals surface area contributed by atoms with Crippen molar-refractivity contribution in [1.82, 2.24) is 4.90 Å². The smallest absolute Gasteiger partial charge is 0.167 e. The second-order valence-electron chi connectivity index (χ2n) is 3.58. The second-order valence-corrected chi connectivity index (χ2v) is 3.58. The largest absolute Gasteiger partial charge is 0.494 e. The number of benzene rings is 1. The minimum absolute atomic E-state index is 0.271. The number of nitrogens with zero attached hydrogens (tertiary/aromatic N) is 1. The van der Waals surface area contributed by atoms with E-state index in [9.17, 15) is 4.39 Å². The number of hydrogen-bond donors (Lipinski definition) is 1. The first-order valence-electron chi connectivity index (χ1n) is 4.85. The molecule has 0 saturated carbocycles. The van der Waals surface area contributed by atoms with E-state index in [-0.39, 0.29) is 11.6 Å². The molecule has 0 amide bonds. The van der Waals surface area contributed by atoms with Gasteiger partial charge in [0.25, 0.3) is 0 Å². The number of rotatable bonds is 5. The molecule has 0 saturated heterocycles. The number of methoxy groups -OCH3 is 1. The zero-order chi connectivity index (χ0) is 11.3. The van der Waals surface area contributed by atoms with Crippen molar-refractivity contribution in [2.24, 2.45) is 0 Å². The Morgan fingerprint density at radius 2 is 2.13 bits per heavy atom. The maximum absolute atomic E-state index is 13.3. The lowest BCUT2D eigenvalue weighted by atomic mass is 10.3. The van der Waals surface area contributed by atoms with Crippen LogP contribution in [0, 0.1) is 5.82 Å². The van der Waals surface area contributed by atoms with Gasteiger partial charge in [-0.15, -0.1) is 0 Å². The normalized spacial score (nSPS) is 10.5. The molecule has 0 aromatic heterocycles. The average Bonchev–Trinajstić information content (AvgIpc) is 2.17. The van der Waals surface area contributed by atoms with Crippen LogP contribution in [0.5, 0.6) is 5.75 Å². The molecule has 0 radical (unpaired) electrons. The van der Waals surface area contributed by atoms with Crippen LogP contribution in [0.1, 0.15) is 0 Å². The van der Waals surface area contributed by atoms with Crippen molar-refractivity contribution < 1.29 is 9.13 Å². The summed E-state index contributed by atoms with van der Waals surface area (Å²) in [7, 11) is 5.45. The van der Waals surface area contributed by atoms with E-state index >= 15 is 0 Å². The number of likely N-dealkylation sites (N-methyl/N-ethyl adjacent to an activating group) is 1. The highest BCUT2D eigenvalue weighted by Gasteiger charge is 2.02. The molecule has 1 rings (SSSR count). The Morgan fingerprint density at radius 1 is 1.40 bits per heavy atom. The molecule has 0 fully saturated rings. The van der Waals surface area contributed by atoms with Gasteiger partial charge in [-0.25, -0.2) is 4.39 Å². The number of ether oxygens (including phenoxy) is 1. The standard InChI is InChI=1S/C11H17FN2O/c1-14(2)7-6-13-9-4-5-11(15-3)10(12)8-9/h4-5,8,13H,6-7H2,1-3H3. The number of hydrogen-bond acceptors (Lipinski definition) is 3. The third kappa shape index (κ3) is 3.75. The summed E-state index contributed by atoms with van der Waals surface area (Å²) in [6.07, 6.45) is 0. The third-order valence-electron chi connectivity index (χ3n) is 2.04. The van der Waals surface area contributed by atoms with Gasteiger partial charge >= 0.3 is 0 Å². The molecule has 1 aromatic rings. The van der Waals surface area contributed by atoms with Crippen LogP contribution in [0.15, 0.2) is 18.2 Å². The summed E-state index contributed by atoms with van der Waals surface area (Å²) >= 11 is 0. The van der Waals surface area contributed by atoms with E-state index in [1.807, 2.05) is 14.1 Å². The molecular formula is C11H17FN2O. The number of anilines is 1. The molecule has 1 N–H and O–H groups in total. The Hall–Kier alpha value is -1.29. The van der Waals surface area contributed by atoms with Gasteiger partial charge in [0.15, 0.2) is 11.6 Å². The van der Waals surface area contributed by atoms with Crippen LogP contribution in [-0.4, -0.2) is 39.2 Å². The molecule has 0 aliphatic carbocycles. The second kappa shape index (κ2) is 5.56. The molecule has 0 aliphatic rings. The summed E-state index contributed by atoms with van der Waals surface area (Å²) in [5, 5.41) is 3.13. The molecule has 4 heteroatoms. The molecule has 0 bridgehead atoms. The minimum Gasteiger partial charge on any atom is -0.494 e. The number of nitrogens with one attached hydrogen (secondary N) is 1. The first-order valence-corrected chi connectivity index (χ1v) is 4.85. The summed E-state index contributed by atoms with van der Waals surface area (Å²) in [4.78, 5) is 2.06. The molecule has 0 spiro atoms. The van der Waals surface area contributed by atoms with Gasteiger partial charge < -0.3 is 15.0 Å². The molecule has 1 aromatic carbocycles. The van der Waals surface area contributed by atoms with Crippen molar-refractivity contribution in [3.8, 4) is 5.75 Å². The van der Waals surface area contributed by atoms with E-state index in [1.54, 1.807) is 12.1 Å². The maximum atomic E-state index is 13.3. The van der Waals surface area contributed by atoms with Gasteiger partial charge in [0.2, 0.25) is 0 Å². The van der Waals surface area contributed by atoms with Gasteiger partial charge in [0.05, 0.1) is 7.11 Å². The fraction of sp³-hybridized carbons (Fsp3) is 0.455. The lowest BCUT2D eigenvalue weighted by Crippen LogP contribution is -2.20. The minimum atomic E-state index is -0.340. The Bertz CT molecular complexity index is 315. The van der Waals surface area contributed by atoms with E-state index in [2.05, 4.69) is 10.2 Å². The molecule has 15 heavy (non-hydrogen) atoms. The highest BCUT2D eigenvalue weighted by molar-refractivity contribution is 5.47. The fourth-order valence-electron chi connectivity index (χ4n) is 1.20. The van der Waals surface area contributed by atoms with E-state index in [0.29, 0.717) is 0 Å². The zero-order valence-electron chi connectivity index (χ0n) is 9.38. The quantitative estimate of drug-likeness (QED) is 0.805. The molecule has 3 nitrogen and oxygen atoms in total. The molecule has 0 unspecified atom stereocenters. The predicted molar refractivity (Wildman–Crippen MR) is 60.0 cm³/mol. The zero-order valence-corrected chi connectivity index (χ0v) is 9.38. The molecular weight excluding hydrogens is 195 g/mol. The molecule has 0 heterocycles. The van der Waals surface area contributed by atoms with Crippen LogP contribution in [0.25, 0.3) is 0 Å². The van der Waals surface area contributed by atoms with Crippen molar-refractivity contribution in [2.45, 2.75) is 0 Å². The van der Waals surface area contributed by atoms with Crippen LogP contribution >= 0.6 is 0 Å². The van der Waals surface area contributed by atoms with Gasteiger partial charge in [0.1, 0.15) is 0 Å². The SMILES string of the molecule is COc1ccc(NCCN(C)C)cc1F. The summed E-state index contributed by atoms with van der Waals surface area (Å²) in [6, 6.07) is 4.86. The van der Waals surface area contributed by atoms with Crippen molar-refractivity contribution in [3.63, 3.8) is 0 Å². The third-order valence-corrected chi connectivity index (χ3v) is 2.04. The first kappa shape index (κ1) is 11.8. The number of halogens is 1. The van der Waals surface area contributed by atoms with Crippen molar-refractivity contribution in [3.05, 3.63) is 24.0 Å². The Morgan fingerprint density at radius 3 is 2.67 bits per heavy atom. The molecule has 0 atom stereocenters. The Labute approximate surface area is 89.8 Å². The van der Waals surface area contributed by atoms with Gasteiger partial charge in [0, 0.05) is 24.8 Å². The van der Waals surface area contributed by atoms with E-state index in [1.165, 1.54) is 13.2 Å². The van der Waals surface area contributed by atoms with Gasteiger partial charge in [-0.2, -0.15) is 0 Å². The highest BCUT2D eigenvalue weighted by Crippen LogP contribution is 2.20. The summed E-state index contributed by atoms with van der Waals surface area (Å²) < 4.78 is 18.1. The topological polar surface area (TPSA) is 24.5 Å². The van der Waals surface area contributed by atoms with Gasteiger partial charge in [-0.1, -0.05) is 0 Å². The first-order chi connectivity index (χ1) is 7.13. The van der Waals surface area contributed by atoms with Crippen molar-refractivity contribution in [1.29, 1.82) is 0 Å². The van der Waals surface area contributed by atoms with Crippen LogP contribution in [-0.2, 0) is 0 Å². The van der Waals surface area contributed by atoms with Crippen LogP contribution in [0.3, 0.4) is 0 Å². The van der Waals surface area contributed by atoms with Gasteiger partial charge in [-0.3, -0.25) is 0 Å². The van der Waals surface area contributed by atoms with Crippen molar-refractivity contribution >= 4 is 5.69 Å². The Kier molecular flexibility index (Phi) is 4.37.